The van der Waals surface area contributed by atoms with Crippen molar-refractivity contribution in [3.05, 3.63) is 73.1 Å². The Balaban J connectivity index is 1.75. The lowest BCUT2D eigenvalue weighted by Crippen LogP contribution is -2.15. The van der Waals surface area contributed by atoms with E-state index in [1.165, 1.54) is 0 Å². The average molecular weight is 393 g/mol. The number of amides is 1. The Bertz CT molecular complexity index is 1030. The van der Waals surface area contributed by atoms with E-state index in [0.717, 1.165) is 22.1 Å². The molecule has 0 radical (unpaired) electrons. The summed E-state index contributed by atoms with van der Waals surface area (Å²) < 4.78 is 13.0. The molecule has 29 heavy (non-hydrogen) atoms. The highest BCUT2D eigenvalue weighted by Crippen LogP contribution is 2.34. The lowest BCUT2D eigenvalue weighted by atomic mass is 9.97. The summed E-state index contributed by atoms with van der Waals surface area (Å²) in [6.45, 7) is 13.5. The van der Waals surface area contributed by atoms with Crippen LogP contribution in [0.4, 0.5) is 10.2 Å². The van der Waals surface area contributed by atoms with Crippen molar-refractivity contribution in [3.63, 3.8) is 0 Å². The molecule has 0 unspecified atom stereocenters. The van der Waals surface area contributed by atoms with Crippen molar-refractivity contribution in [2.75, 3.05) is 5.32 Å². The highest BCUT2D eigenvalue weighted by molar-refractivity contribution is 5.95. The first-order valence-corrected chi connectivity index (χ1v) is 9.36. The van der Waals surface area contributed by atoms with Crippen molar-refractivity contribution in [3.8, 4) is 0 Å². The number of anilines is 1. The Labute approximate surface area is 169 Å². The number of allylic oxidation sites excluding steroid dienone is 2. The van der Waals surface area contributed by atoms with Gasteiger partial charge in [0.15, 0.2) is 0 Å². The van der Waals surface area contributed by atoms with Crippen LogP contribution in [-0.2, 0) is 4.79 Å². The van der Waals surface area contributed by atoms with Crippen molar-refractivity contribution in [2.24, 2.45) is 5.92 Å². The van der Waals surface area contributed by atoms with Gasteiger partial charge in [-0.3, -0.25) is 9.78 Å². The number of hydrogen-bond donors (Lipinski definition) is 2. The quantitative estimate of drug-likeness (QED) is 0.516. The second-order valence-corrected chi connectivity index (χ2v) is 7.25. The molecule has 6 heteroatoms. The summed E-state index contributed by atoms with van der Waals surface area (Å²) >= 11 is 0. The Morgan fingerprint density at radius 2 is 2.10 bits per heavy atom. The molecule has 1 fully saturated rings. The van der Waals surface area contributed by atoms with E-state index in [9.17, 15) is 14.3 Å². The maximum absolute atomic E-state index is 13.0. The zero-order valence-electron chi connectivity index (χ0n) is 16.4. The number of rotatable bonds is 8. The molecule has 0 spiro atoms. The van der Waals surface area contributed by atoms with Gasteiger partial charge in [-0.15, -0.1) is 6.58 Å². The van der Waals surface area contributed by atoms with Gasteiger partial charge in [0.25, 0.3) is 0 Å². The standard InChI is InChI=1S/C23H24FN3O2/c1-5-6-21(28)14(3)7-13(2)15(4)16-8-17-12-26-22(10-20(17)25-11-16)27-23(29)18-9-19(18)24/h5,7-8,10-12,18-19,21,28H,1,3-4,6,9H2,2H3,(H,26,27,29)/b13-7-/t18-,19+,21-/m0/s1. The number of pyridine rings is 2. The molecular weight excluding hydrogens is 369 g/mol. The largest absolute Gasteiger partial charge is 0.388 e. The van der Waals surface area contributed by atoms with E-state index in [2.05, 4.69) is 35.0 Å². The average Bonchev–Trinajstić information content (AvgIpc) is 3.43. The van der Waals surface area contributed by atoms with E-state index in [1.54, 1.807) is 30.6 Å². The fraction of sp³-hybridized carbons (Fsp3) is 0.261. The lowest BCUT2D eigenvalue weighted by molar-refractivity contribution is -0.117. The third-order valence-electron chi connectivity index (χ3n) is 4.91. The molecule has 1 saturated carbocycles. The van der Waals surface area contributed by atoms with Crippen molar-refractivity contribution < 1.29 is 14.3 Å². The summed E-state index contributed by atoms with van der Waals surface area (Å²) in [5.41, 5.74) is 3.68. The first-order chi connectivity index (χ1) is 13.8. The molecule has 2 aromatic heterocycles. The SMILES string of the molecule is C=CC[C@H](O)C(=C)/C=C(/C)C(=C)c1cnc2cc(NC(=O)[C@H]3C[C@H]3F)ncc2c1. The van der Waals surface area contributed by atoms with Gasteiger partial charge in [-0.2, -0.15) is 0 Å². The van der Waals surface area contributed by atoms with Crippen LogP contribution < -0.4 is 5.32 Å². The maximum atomic E-state index is 13.0. The van der Waals surface area contributed by atoms with E-state index in [0.29, 0.717) is 23.3 Å². The van der Waals surface area contributed by atoms with Crippen molar-refractivity contribution in [1.29, 1.82) is 0 Å². The number of nitrogens with zero attached hydrogens (tertiary/aromatic N) is 2. The topological polar surface area (TPSA) is 75.1 Å². The minimum Gasteiger partial charge on any atom is -0.388 e. The molecule has 3 rings (SSSR count). The number of aliphatic hydroxyl groups excluding tert-OH is 1. The molecule has 2 aromatic rings. The van der Waals surface area contributed by atoms with E-state index in [1.807, 2.05) is 13.0 Å². The van der Waals surface area contributed by atoms with Gasteiger partial charge in [0, 0.05) is 29.4 Å². The molecule has 1 aliphatic rings. The maximum Gasteiger partial charge on any atom is 0.231 e. The van der Waals surface area contributed by atoms with Crippen LogP contribution in [-0.4, -0.2) is 33.3 Å². The summed E-state index contributed by atoms with van der Waals surface area (Å²) in [5, 5.41) is 13.4. The highest BCUT2D eigenvalue weighted by atomic mass is 19.1. The molecular formula is C23H24FN3O2. The van der Waals surface area contributed by atoms with Gasteiger partial charge in [-0.25, -0.2) is 9.37 Å². The Morgan fingerprint density at radius 1 is 1.38 bits per heavy atom. The minimum absolute atomic E-state index is 0.271. The fourth-order valence-electron chi connectivity index (χ4n) is 2.91. The Hall–Kier alpha value is -3.12. The van der Waals surface area contributed by atoms with E-state index in [4.69, 9.17) is 0 Å². The molecule has 5 nitrogen and oxygen atoms in total. The van der Waals surface area contributed by atoms with Crippen LogP contribution in [0.25, 0.3) is 16.5 Å². The zero-order chi connectivity index (χ0) is 21.1. The molecule has 2 N–H and O–H groups in total. The number of carbonyl (C=O) groups excluding carboxylic acids is 1. The molecule has 2 heterocycles. The summed E-state index contributed by atoms with van der Waals surface area (Å²) in [4.78, 5) is 20.5. The van der Waals surface area contributed by atoms with E-state index in [-0.39, 0.29) is 12.3 Å². The second-order valence-electron chi connectivity index (χ2n) is 7.25. The van der Waals surface area contributed by atoms with Crippen LogP contribution in [0.1, 0.15) is 25.3 Å². The summed E-state index contributed by atoms with van der Waals surface area (Å²) in [5.74, 6) is -0.570. The Morgan fingerprint density at radius 3 is 2.76 bits per heavy atom. The predicted octanol–water partition coefficient (Wildman–Crippen LogP) is 4.38. The number of fused-ring (bicyclic) bond motifs is 1. The third-order valence-corrected chi connectivity index (χ3v) is 4.91. The first-order valence-electron chi connectivity index (χ1n) is 9.36. The number of carbonyl (C=O) groups is 1. The van der Waals surface area contributed by atoms with Crippen LogP contribution in [0.5, 0.6) is 0 Å². The minimum atomic E-state index is -1.05. The number of alkyl halides is 1. The number of halogens is 1. The predicted molar refractivity (Wildman–Crippen MR) is 114 cm³/mol. The molecule has 0 saturated heterocycles. The van der Waals surface area contributed by atoms with Gasteiger partial charge in [0.05, 0.1) is 17.5 Å². The highest BCUT2D eigenvalue weighted by Gasteiger charge is 2.43. The van der Waals surface area contributed by atoms with Crippen molar-refractivity contribution in [2.45, 2.75) is 32.0 Å². The number of aliphatic hydroxyl groups is 1. The van der Waals surface area contributed by atoms with Crippen LogP contribution in [0, 0.1) is 5.92 Å². The molecule has 150 valence electrons. The van der Waals surface area contributed by atoms with Gasteiger partial charge < -0.3 is 10.4 Å². The number of aromatic nitrogens is 2. The van der Waals surface area contributed by atoms with Gasteiger partial charge in [-0.1, -0.05) is 25.3 Å². The van der Waals surface area contributed by atoms with Crippen LogP contribution in [0.3, 0.4) is 0 Å². The van der Waals surface area contributed by atoms with Crippen LogP contribution in [0.2, 0.25) is 0 Å². The van der Waals surface area contributed by atoms with Crippen molar-refractivity contribution in [1.82, 2.24) is 9.97 Å². The van der Waals surface area contributed by atoms with Gasteiger partial charge in [0.1, 0.15) is 12.0 Å². The summed E-state index contributed by atoms with van der Waals surface area (Å²) in [6, 6.07) is 3.56. The van der Waals surface area contributed by atoms with E-state index >= 15 is 0 Å². The normalized spacial score (nSPS) is 19.5. The molecule has 0 aromatic carbocycles. The molecule has 0 aliphatic heterocycles. The first kappa shape index (κ1) is 20.6. The molecule has 1 aliphatic carbocycles. The monoisotopic (exact) mass is 393 g/mol. The van der Waals surface area contributed by atoms with Gasteiger partial charge in [-0.05, 0) is 42.6 Å². The Kier molecular flexibility index (Phi) is 6.03. The van der Waals surface area contributed by atoms with Crippen molar-refractivity contribution >= 4 is 28.2 Å². The summed E-state index contributed by atoms with van der Waals surface area (Å²) in [6.07, 6.45) is 5.73. The van der Waals surface area contributed by atoms with Gasteiger partial charge >= 0.3 is 0 Å². The van der Waals surface area contributed by atoms with Crippen LogP contribution in [0.15, 0.2) is 67.6 Å². The molecule has 1 amide bonds. The fourth-order valence-corrected chi connectivity index (χ4v) is 2.91. The zero-order valence-corrected chi connectivity index (χ0v) is 16.4. The summed E-state index contributed by atoms with van der Waals surface area (Å²) in [7, 11) is 0. The smallest absolute Gasteiger partial charge is 0.231 e. The number of nitrogens with one attached hydrogen (secondary N) is 1. The van der Waals surface area contributed by atoms with Gasteiger partial charge in [0.2, 0.25) is 5.91 Å². The van der Waals surface area contributed by atoms with E-state index < -0.39 is 18.2 Å². The second kappa shape index (κ2) is 8.49. The van der Waals surface area contributed by atoms with Crippen LogP contribution >= 0.6 is 0 Å². The lowest BCUT2D eigenvalue weighted by Gasteiger charge is -2.12. The number of hydrogen-bond acceptors (Lipinski definition) is 4. The third kappa shape index (κ3) is 4.84. The molecule has 0 bridgehead atoms. The molecule has 3 atom stereocenters.